The molecule has 0 aromatic carbocycles. The molecule has 0 radical (unpaired) electrons. The molecule has 19 heavy (non-hydrogen) atoms. The van der Waals surface area contributed by atoms with Crippen molar-refractivity contribution in [2.75, 3.05) is 4.72 Å². The molecule has 0 saturated heterocycles. The van der Waals surface area contributed by atoms with Gasteiger partial charge in [-0.3, -0.25) is 14.2 Å². The third kappa shape index (κ3) is 3.26. The highest BCUT2D eigenvalue weighted by Crippen LogP contribution is 2.16. The number of carboxylic acids is 1. The highest BCUT2D eigenvalue weighted by atomic mass is 32.2. The van der Waals surface area contributed by atoms with E-state index in [4.69, 9.17) is 5.11 Å². The zero-order valence-electron chi connectivity index (χ0n) is 9.64. The maximum atomic E-state index is 11.9. The van der Waals surface area contributed by atoms with Gasteiger partial charge in [-0.15, -0.1) is 0 Å². The van der Waals surface area contributed by atoms with E-state index in [1.807, 2.05) is 0 Å². The summed E-state index contributed by atoms with van der Waals surface area (Å²) in [6.45, 7) is 1.23. The van der Waals surface area contributed by atoms with Gasteiger partial charge in [-0.05, 0) is 6.92 Å². The average Bonchev–Trinajstić information content (AvgIpc) is 2.87. The molecule has 2 aromatic heterocycles. The molecule has 0 saturated carbocycles. The number of aliphatic carboxylic acids is 1. The summed E-state index contributed by atoms with van der Waals surface area (Å²) in [5.74, 6) is -0.649. The van der Waals surface area contributed by atoms with Crippen LogP contribution in [0.4, 0.5) is 5.13 Å². The highest BCUT2D eigenvalue weighted by Gasteiger charge is 2.19. The molecule has 2 rings (SSSR count). The molecule has 0 fully saturated rings. The number of nitrogens with zero attached hydrogens (tertiary/aromatic N) is 4. The predicted molar refractivity (Wildman–Crippen MR) is 65.3 cm³/mol. The zero-order valence-corrected chi connectivity index (χ0v) is 11.3. The van der Waals surface area contributed by atoms with Crippen LogP contribution in [0, 0.1) is 6.92 Å². The number of sulfonamides is 1. The minimum atomic E-state index is -3.83. The molecule has 11 heteroatoms. The van der Waals surface area contributed by atoms with Crippen LogP contribution < -0.4 is 4.72 Å². The van der Waals surface area contributed by atoms with Crippen molar-refractivity contribution in [3.8, 4) is 0 Å². The Morgan fingerprint density at radius 1 is 1.58 bits per heavy atom. The highest BCUT2D eigenvalue weighted by molar-refractivity contribution is 7.92. The van der Waals surface area contributed by atoms with Crippen LogP contribution in [0.15, 0.2) is 17.3 Å². The molecule has 0 aliphatic rings. The first kappa shape index (κ1) is 13.4. The summed E-state index contributed by atoms with van der Waals surface area (Å²) in [6.07, 6.45) is 2.20. The van der Waals surface area contributed by atoms with Gasteiger partial charge in [0, 0.05) is 17.7 Å². The summed E-state index contributed by atoms with van der Waals surface area (Å²) in [4.78, 5) is 14.2. The van der Waals surface area contributed by atoms with Crippen LogP contribution in [0.5, 0.6) is 0 Å². The van der Waals surface area contributed by atoms with Gasteiger partial charge in [0.2, 0.25) is 5.13 Å². The fraction of sp³-hybridized carbons (Fsp3) is 0.250. The number of anilines is 1. The Kier molecular flexibility index (Phi) is 3.48. The Morgan fingerprint density at radius 3 is 2.89 bits per heavy atom. The van der Waals surface area contributed by atoms with E-state index in [0.717, 1.165) is 28.6 Å². The van der Waals surface area contributed by atoms with E-state index >= 15 is 0 Å². The number of carboxylic acid groups (broad SMARTS) is 1. The first-order valence-electron chi connectivity index (χ1n) is 4.94. The minimum Gasteiger partial charge on any atom is -0.480 e. The van der Waals surface area contributed by atoms with Crippen LogP contribution in [0.3, 0.4) is 0 Å². The van der Waals surface area contributed by atoms with Crippen molar-refractivity contribution >= 4 is 32.7 Å². The largest absolute Gasteiger partial charge is 0.480 e. The molecule has 0 amide bonds. The average molecular weight is 303 g/mol. The van der Waals surface area contributed by atoms with E-state index < -0.39 is 22.5 Å². The van der Waals surface area contributed by atoms with Gasteiger partial charge in [0.15, 0.2) is 0 Å². The van der Waals surface area contributed by atoms with Crippen LogP contribution in [0.1, 0.15) is 5.82 Å². The summed E-state index contributed by atoms with van der Waals surface area (Å²) in [5.41, 5.74) is 0. The Labute approximate surface area is 112 Å². The predicted octanol–water partition coefficient (Wildman–Crippen LogP) is -0.0716. The van der Waals surface area contributed by atoms with Crippen molar-refractivity contribution in [2.45, 2.75) is 18.4 Å². The lowest BCUT2D eigenvalue weighted by molar-refractivity contribution is -0.137. The van der Waals surface area contributed by atoms with E-state index in [2.05, 4.69) is 19.2 Å². The van der Waals surface area contributed by atoms with Crippen LogP contribution in [-0.4, -0.2) is 38.6 Å². The third-order valence-corrected chi connectivity index (χ3v) is 4.11. The molecule has 0 aliphatic heterocycles. The third-order valence-electron chi connectivity index (χ3n) is 1.97. The van der Waals surface area contributed by atoms with E-state index in [0.29, 0.717) is 5.82 Å². The van der Waals surface area contributed by atoms with Gasteiger partial charge in [0.05, 0.1) is 6.20 Å². The van der Waals surface area contributed by atoms with Crippen LogP contribution in [-0.2, 0) is 21.4 Å². The number of carbonyl (C=O) groups is 1. The minimum absolute atomic E-state index is 0.137. The number of hydrogen-bond donors (Lipinski definition) is 2. The maximum absolute atomic E-state index is 11.9. The quantitative estimate of drug-likeness (QED) is 0.791. The lowest BCUT2D eigenvalue weighted by Gasteiger charge is -2.00. The molecule has 0 bridgehead atoms. The van der Waals surface area contributed by atoms with Gasteiger partial charge in [0.25, 0.3) is 10.0 Å². The summed E-state index contributed by atoms with van der Waals surface area (Å²) in [7, 11) is -3.83. The fourth-order valence-electron chi connectivity index (χ4n) is 1.22. The van der Waals surface area contributed by atoms with Crippen molar-refractivity contribution < 1.29 is 18.3 Å². The normalized spacial score (nSPS) is 11.4. The molecule has 0 atom stereocenters. The second-order valence-corrected chi connectivity index (χ2v) is 5.95. The summed E-state index contributed by atoms with van der Waals surface area (Å²) >= 11 is 0.916. The second kappa shape index (κ2) is 4.93. The Bertz CT molecular complexity index is 704. The molecule has 2 heterocycles. The molecule has 2 N–H and O–H groups in total. The topological polar surface area (TPSA) is 127 Å². The monoisotopic (exact) mass is 303 g/mol. The SMILES string of the molecule is Cc1nsc(NS(=O)(=O)c2cnn(CC(=O)O)c2)n1. The molecule has 9 nitrogen and oxygen atoms in total. The zero-order chi connectivity index (χ0) is 14.0. The summed E-state index contributed by atoms with van der Waals surface area (Å²) < 4.78 is 31.0. The van der Waals surface area contributed by atoms with Crippen molar-refractivity contribution in [1.29, 1.82) is 0 Å². The first-order chi connectivity index (χ1) is 8.87. The lowest BCUT2D eigenvalue weighted by Crippen LogP contribution is -2.12. The van der Waals surface area contributed by atoms with Gasteiger partial charge in [-0.1, -0.05) is 0 Å². The van der Waals surface area contributed by atoms with Crippen molar-refractivity contribution in [1.82, 2.24) is 19.1 Å². The number of hydrogen-bond acceptors (Lipinski definition) is 7. The molecule has 0 unspecified atom stereocenters. The molecule has 2 aromatic rings. The lowest BCUT2D eigenvalue weighted by atomic mass is 10.6. The number of rotatable bonds is 5. The van der Waals surface area contributed by atoms with E-state index in [1.54, 1.807) is 6.92 Å². The van der Waals surface area contributed by atoms with Gasteiger partial charge >= 0.3 is 5.97 Å². The molecule has 102 valence electrons. The van der Waals surface area contributed by atoms with Gasteiger partial charge in [-0.2, -0.15) is 9.47 Å². The fourth-order valence-corrected chi connectivity index (χ4v) is 2.97. The number of nitrogens with one attached hydrogen (secondary N) is 1. The summed E-state index contributed by atoms with van der Waals surface area (Å²) in [5, 5.41) is 12.4. The maximum Gasteiger partial charge on any atom is 0.325 e. The summed E-state index contributed by atoms with van der Waals surface area (Å²) in [6, 6.07) is 0. The second-order valence-electron chi connectivity index (χ2n) is 3.52. The Morgan fingerprint density at radius 2 is 2.32 bits per heavy atom. The first-order valence-corrected chi connectivity index (χ1v) is 7.20. The van der Waals surface area contributed by atoms with Gasteiger partial charge < -0.3 is 5.11 Å². The number of aromatic nitrogens is 4. The molecular weight excluding hydrogens is 294 g/mol. The van der Waals surface area contributed by atoms with Crippen LogP contribution in [0.2, 0.25) is 0 Å². The standard InChI is InChI=1S/C8H9N5O4S2/c1-5-10-8(18-11-5)12-19(16,17)6-2-9-13(3-6)4-7(14)15/h2-3H,4H2,1H3,(H,14,15)(H,10,11,12). The van der Waals surface area contributed by atoms with Crippen molar-refractivity contribution in [2.24, 2.45) is 0 Å². The molecule has 0 spiro atoms. The van der Waals surface area contributed by atoms with Gasteiger partial charge in [0.1, 0.15) is 17.3 Å². The molecule has 0 aliphatic carbocycles. The van der Waals surface area contributed by atoms with Crippen LogP contribution >= 0.6 is 11.5 Å². The molecular formula is C8H9N5O4S2. The number of aryl methyl sites for hydroxylation is 1. The Hall–Kier alpha value is -2.01. The van der Waals surface area contributed by atoms with E-state index in [1.165, 1.54) is 0 Å². The van der Waals surface area contributed by atoms with E-state index in [9.17, 15) is 13.2 Å². The smallest absolute Gasteiger partial charge is 0.325 e. The van der Waals surface area contributed by atoms with Crippen LogP contribution in [0.25, 0.3) is 0 Å². The van der Waals surface area contributed by atoms with Crippen molar-refractivity contribution in [3.05, 3.63) is 18.2 Å². The Balaban J connectivity index is 2.19. The van der Waals surface area contributed by atoms with Gasteiger partial charge in [-0.25, -0.2) is 13.4 Å². The van der Waals surface area contributed by atoms with Crippen molar-refractivity contribution in [3.63, 3.8) is 0 Å². The van der Waals surface area contributed by atoms with E-state index in [-0.39, 0.29) is 10.0 Å².